The minimum atomic E-state index is 0.504. The first-order chi connectivity index (χ1) is 9.00. The minimum absolute atomic E-state index is 0.504. The van der Waals surface area contributed by atoms with E-state index in [-0.39, 0.29) is 0 Å². The molecule has 4 atom stereocenters. The van der Waals surface area contributed by atoms with Crippen LogP contribution in [0, 0.1) is 11.3 Å². The molecule has 2 fully saturated rings. The van der Waals surface area contributed by atoms with Crippen molar-refractivity contribution >= 4 is 11.8 Å². The summed E-state index contributed by atoms with van der Waals surface area (Å²) >= 11 is 2.08. The lowest BCUT2D eigenvalue weighted by Crippen LogP contribution is -2.41. The van der Waals surface area contributed by atoms with Gasteiger partial charge in [0.25, 0.3) is 0 Å². The first kappa shape index (κ1) is 15.7. The maximum atomic E-state index is 4.01. The normalized spacial score (nSPS) is 37.3. The van der Waals surface area contributed by atoms with Crippen molar-refractivity contribution in [1.82, 2.24) is 5.32 Å². The Bertz CT molecular complexity index is 271. The van der Waals surface area contributed by atoms with E-state index in [1.807, 2.05) is 0 Å². The fourth-order valence-electron chi connectivity index (χ4n) is 4.04. The molecule has 0 aromatic carbocycles. The van der Waals surface area contributed by atoms with Crippen LogP contribution in [0.2, 0.25) is 0 Å². The predicted molar refractivity (Wildman–Crippen MR) is 87.9 cm³/mol. The number of thioether (sulfide) groups is 1. The Kier molecular flexibility index (Phi) is 5.65. The van der Waals surface area contributed by atoms with Crippen LogP contribution in [0.3, 0.4) is 0 Å². The fourth-order valence-corrected chi connectivity index (χ4v) is 4.98. The van der Waals surface area contributed by atoms with Crippen molar-refractivity contribution in [2.45, 2.75) is 89.5 Å². The highest BCUT2D eigenvalue weighted by molar-refractivity contribution is 7.99. The quantitative estimate of drug-likeness (QED) is 0.743. The summed E-state index contributed by atoms with van der Waals surface area (Å²) in [5.41, 5.74) is 0.504. The molecule has 1 nitrogen and oxygen atoms in total. The molecule has 2 aliphatic rings. The maximum absolute atomic E-state index is 4.01. The Morgan fingerprint density at radius 2 is 1.63 bits per heavy atom. The highest BCUT2D eigenvalue weighted by atomic mass is 32.2. The zero-order chi connectivity index (χ0) is 13.9. The van der Waals surface area contributed by atoms with Gasteiger partial charge in [-0.1, -0.05) is 33.6 Å². The summed E-state index contributed by atoms with van der Waals surface area (Å²) in [5.74, 6) is 0.930. The summed E-state index contributed by atoms with van der Waals surface area (Å²) in [5, 5.41) is 4.89. The summed E-state index contributed by atoms with van der Waals surface area (Å²) in [7, 11) is 0. The fraction of sp³-hybridized carbons (Fsp3) is 1.00. The Labute approximate surface area is 124 Å². The van der Waals surface area contributed by atoms with Crippen LogP contribution in [0.1, 0.15) is 72.1 Å². The maximum Gasteiger partial charge on any atom is 0.0198 e. The van der Waals surface area contributed by atoms with E-state index in [2.05, 4.69) is 44.1 Å². The molecule has 112 valence electrons. The second-order valence-electron chi connectivity index (χ2n) is 7.75. The van der Waals surface area contributed by atoms with Gasteiger partial charge in [-0.3, -0.25) is 0 Å². The molecular weight excluding hydrogens is 250 g/mol. The zero-order valence-electron chi connectivity index (χ0n) is 13.4. The molecule has 0 aromatic rings. The summed E-state index contributed by atoms with van der Waals surface area (Å²) < 4.78 is 0. The third kappa shape index (κ3) is 4.39. The second-order valence-corrected chi connectivity index (χ2v) is 8.82. The first-order valence-electron chi connectivity index (χ1n) is 8.29. The molecule has 4 unspecified atom stereocenters. The van der Waals surface area contributed by atoms with Crippen molar-refractivity contribution in [1.29, 1.82) is 0 Å². The largest absolute Gasteiger partial charge is 0.310 e. The van der Waals surface area contributed by atoms with Crippen molar-refractivity contribution in [2.75, 3.05) is 6.26 Å². The van der Waals surface area contributed by atoms with Crippen LogP contribution in [0.4, 0.5) is 0 Å². The van der Waals surface area contributed by atoms with Gasteiger partial charge in [0.05, 0.1) is 0 Å². The van der Waals surface area contributed by atoms with Gasteiger partial charge in [-0.05, 0) is 56.1 Å². The lowest BCUT2D eigenvalue weighted by Gasteiger charge is -2.30. The SMILES string of the molecule is CSC1CCCC1NC1CCCC(C(C)(C)C)CC1. The Morgan fingerprint density at radius 1 is 0.895 bits per heavy atom. The van der Waals surface area contributed by atoms with Gasteiger partial charge in [-0.15, -0.1) is 0 Å². The van der Waals surface area contributed by atoms with Crippen LogP contribution in [0.15, 0.2) is 0 Å². The molecule has 2 saturated carbocycles. The molecule has 0 aromatic heterocycles. The van der Waals surface area contributed by atoms with Crippen molar-refractivity contribution in [3.8, 4) is 0 Å². The van der Waals surface area contributed by atoms with Gasteiger partial charge in [0.1, 0.15) is 0 Å². The highest BCUT2D eigenvalue weighted by Crippen LogP contribution is 2.37. The third-order valence-electron chi connectivity index (χ3n) is 5.40. The van der Waals surface area contributed by atoms with Crippen molar-refractivity contribution in [2.24, 2.45) is 11.3 Å². The van der Waals surface area contributed by atoms with E-state index in [0.29, 0.717) is 5.41 Å². The number of hydrogen-bond donors (Lipinski definition) is 1. The van der Waals surface area contributed by atoms with E-state index in [9.17, 15) is 0 Å². The van der Waals surface area contributed by atoms with Gasteiger partial charge in [0, 0.05) is 17.3 Å². The second kappa shape index (κ2) is 6.85. The monoisotopic (exact) mass is 283 g/mol. The van der Waals surface area contributed by atoms with Crippen LogP contribution in [0.25, 0.3) is 0 Å². The summed E-state index contributed by atoms with van der Waals surface area (Å²) in [6, 6.07) is 1.59. The molecular formula is C17H33NS. The van der Waals surface area contributed by atoms with Crippen LogP contribution < -0.4 is 5.32 Å². The molecule has 2 aliphatic carbocycles. The van der Waals surface area contributed by atoms with E-state index in [0.717, 1.165) is 23.3 Å². The molecule has 2 rings (SSSR count). The molecule has 0 aliphatic heterocycles. The molecule has 0 saturated heterocycles. The van der Waals surface area contributed by atoms with Gasteiger partial charge >= 0.3 is 0 Å². The van der Waals surface area contributed by atoms with Crippen molar-refractivity contribution in [3.63, 3.8) is 0 Å². The lowest BCUT2D eigenvalue weighted by molar-refractivity contribution is 0.213. The Hall–Kier alpha value is 0.310. The van der Waals surface area contributed by atoms with Gasteiger partial charge in [-0.2, -0.15) is 11.8 Å². The standard InChI is InChI=1S/C17H33NS/c1-17(2,3)13-7-5-8-14(12-11-13)18-15-9-6-10-16(15)19-4/h13-16,18H,5-12H2,1-4H3. The van der Waals surface area contributed by atoms with Crippen molar-refractivity contribution in [3.05, 3.63) is 0 Å². The molecule has 19 heavy (non-hydrogen) atoms. The average Bonchev–Trinajstić information content (AvgIpc) is 2.63. The van der Waals surface area contributed by atoms with Gasteiger partial charge in [-0.25, -0.2) is 0 Å². The topological polar surface area (TPSA) is 12.0 Å². The average molecular weight is 284 g/mol. The van der Waals surface area contributed by atoms with Crippen LogP contribution >= 0.6 is 11.8 Å². The molecule has 0 heterocycles. The van der Waals surface area contributed by atoms with Crippen LogP contribution in [0.5, 0.6) is 0 Å². The van der Waals surface area contributed by atoms with Crippen LogP contribution in [-0.4, -0.2) is 23.6 Å². The molecule has 0 radical (unpaired) electrons. The van der Waals surface area contributed by atoms with E-state index < -0.39 is 0 Å². The smallest absolute Gasteiger partial charge is 0.0198 e. The zero-order valence-corrected chi connectivity index (χ0v) is 14.2. The molecule has 1 N–H and O–H groups in total. The number of rotatable bonds is 3. The van der Waals surface area contributed by atoms with E-state index in [1.165, 1.54) is 51.4 Å². The lowest BCUT2D eigenvalue weighted by atomic mass is 9.76. The van der Waals surface area contributed by atoms with E-state index in [4.69, 9.17) is 0 Å². The van der Waals surface area contributed by atoms with Gasteiger partial charge in [0.15, 0.2) is 0 Å². The molecule has 0 spiro atoms. The number of hydrogen-bond acceptors (Lipinski definition) is 2. The van der Waals surface area contributed by atoms with E-state index in [1.54, 1.807) is 0 Å². The highest BCUT2D eigenvalue weighted by Gasteiger charge is 2.31. The summed E-state index contributed by atoms with van der Waals surface area (Å²) in [6.45, 7) is 7.27. The minimum Gasteiger partial charge on any atom is -0.310 e. The van der Waals surface area contributed by atoms with Crippen LogP contribution in [-0.2, 0) is 0 Å². The van der Waals surface area contributed by atoms with Gasteiger partial charge in [0.2, 0.25) is 0 Å². The van der Waals surface area contributed by atoms with Gasteiger partial charge < -0.3 is 5.32 Å². The molecule has 0 amide bonds. The predicted octanol–water partition coefficient (Wildman–Crippen LogP) is 4.86. The summed E-state index contributed by atoms with van der Waals surface area (Å²) in [6.07, 6.45) is 13.7. The Morgan fingerprint density at radius 3 is 2.32 bits per heavy atom. The molecule has 2 heteroatoms. The Balaban J connectivity index is 1.82. The van der Waals surface area contributed by atoms with E-state index >= 15 is 0 Å². The number of nitrogens with one attached hydrogen (secondary N) is 1. The molecule has 0 bridgehead atoms. The van der Waals surface area contributed by atoms with Crippen molar-refractivity contribution < 1.29 is 0 Å². The summed E-state index contributed by atoms with van der Waals surface area (Å²) in [4.78, 5) is 0. The first-order valence-corrected chi connectivity index (χ1v) is 9.58. The third-order valence-corrected chi connectivity index (χ3v) is 6.57.